The molecule has 0 unspecified atom stereocenters. The Morgan fingerprint density at radius 2 is 1.96 bits per heavy atom. The Morgan fingerprint density at radius 1 is 1.24 bits per heavy atom. The number of halogens is 3. The van der Waals surface area contributed by atoms with E-state index in [9.17, 15) is 18.0 Å². The van der Waals surface area contributed by atoms with Crippen LogP contribution < -0.4 is 5.32 Å². The monoisotopic (exact) mass is 350 g/mol. The number of benzene rings is 1. The topological polar surface area (TPSA) is 73.0 Å². The molecule has 130 valence electrons. The number of rotatable bonds is 4. The molecule has 3 aromatic rings. The first-order valence-electron chi connectivity index (χ1n) is 7.27. The molecule has 1 amide bonds. The Bertz CT molecular complexity index is 884. The van der Waals surface area contributed by atoms with Gasteiger partial charge in [0.05, 0.1) is 0 Å². The molecule has 6 nitrogen and oxygen atoms in total. The van der Waals surface area contributed by atoms with Crippen molar-refractivity contribution in [3.63, 3.8) is 0 Å². The fourth-order valence-electron chi connectivity index (χ4n) is 2.23. The first-order chi connectivity index (χ1) is 11.8. The molecule has 1 N–H and O–H groups in total. The van der Waals surface area contributed by atoms with Crippen LogP contribution >= 0.6 is 0 Å². The van der Waals surface area contributed by atoms with Crippen LogP contribution in [0.1, 0.15) is 11.4 Å². The van der Waals surface area contributed by atoms with Crippen LogP contribution in [0, 0.1) is 6.92 Å². The van der Waals surface area contributed by atoms with E-state index in [2.05, 4.69) is 15.6 Å². The van der Waals surface area contributed by atoms with Gasteiger partial charge in [-0.3, -0.25) is 9.48 Å². The summed E-state index contributed by atoms with van der Waals surface area (Å²) in [5.41, 5.74) is 0.506. The zero-order valence-electron chi connectivity index (χ0n) is 13.0. The van der Waals surface area contributed by atoms with Gasteiger partial charge in [-0.15, -0.1) is 0 Å². The van der Waals surface area contributed by atoms with Crippen molar-refractivity contribution in [1.29, 1.82) is 0 Å². The maximum Gasteiger partial charge on any atom is 0.435 e. The fourth-order valence-corrected chi connectivity index (χ4v) is 2.23. The van der Waals surface area contributed by atoms with E-state index in [0.717, 1.165) is 22.5 Å². The molecule has 0 saturated heterocycles. The van der Waals surface area contributed by atoms with Gasteiger partial charge in [0, 0.05) is 11.8 Å². The summed E-state index contributed by atoms with van der Waals surface area (Å²) in [5.74, 6) is -0.164. The summed E-state index contributed by atoms with van der Waals surface area (Å²) >= 11 is 0. The van der Waals surface area contributed by atoms with E-state index in [1.165, 1.54) is 0 Å². The van der Waals surface area contributed by atoms with Crippen LogP contribution in [-0.2, 0) is 17.5 Å². The van der Waals surface area contributed by atoms with E-state index in [0.29, 0.717) is 17.1 Å². The van der Waals surface area contributed by atoms with Crippen molar-refractivity contribution in [2.75, 3.05) is 5.32 Å². The van der Waals surface area contributed by atoms with Gasteiger partial charge in [0.1, 0.15) is 17.9 Å². The summed E-state index contributed by atoms with van der Waals surface area (Å²) in [6, 6.07) is 9.84. The molecular weight excluding hydrogens is 337 g/mol. The molecule has 0 radical (unpaired) electrons. The van der Waals surface area contributed by atoms with Gasteiger partial charge < -0.3 is 9.84 Å². The largest absolute Gasteiger partial charge is 0.435 e. The second-order valence-corrected chi connectivity index (χ2v) is 5.28. The number of amides is 1. The second kappa shape index (κ2) is 6.42. The van der Waals surface area contributed by atoms with Gasteiger partial charge in [0.15, 0.2) is 11.5 Å². The minimum Gasteiger partial charge on any atom is -0.354 e. The zero-order chi connectivity index (χ0) is 18.0. The van der Waals surface area contributed by atoms with Crippen molar-refractivity contribution < 1.29 is 22.5 Å². The van der Waals surface area contributed by atoms with Crippen molar-refractivity contribution >= 4 is 11.6 Å². The molecule has 9 heteroatoms. The second-order valence-electron chi connectivity index (χ2n) is 5.28. The molecule has 3 rings (SSSR count). The molecule has 25 heavy (non-hydrogen) atoms. The number of aryl methyl sites for hydroxylation is 1. The number of anilines is 1. The number of hydrogen-bond acceptors (Lipinski definition) is 4. The lowest BCUT2D eigenvalue weighted by Crippen LogP contribution is -2.20. The predicted octanol–water partition coefficient (Wildman–Crippen LogP) is 3.50. The van der Waals surface area contributed by atoms with E-state index < -0.39 is 17.8 Å². The maximum atomic E-state index is 12.5. The third-order valence-electron chi connectivity index (χ3n) is 3.40. The standard InChI is InChI=1S/C16H13F3N4O2/c1-10-14(15(25-22-10)11-5-3-2-4-6-11)20-13(24)9-23-8-7-12(21-23)16(17,18)19/h2-8H,9H2,1H3,(H,20,24). The molecule has 1 aromatic carbocycles. The van der Waals surface area contributed by atoms with Crippen LogP contribution in [0.3, 0.4) is 0 Å². The van der Waals surface area contributed by atoms with Gasteiger partial charge in [-0.1, -0.05) is 35.5 Å². The smallest absolute Gasteiger partial charge is 0.354 e. The first kappa shape index (κ1) is 16.7. The summed E-state index contributed by atoms with van der Waals surface area (Å²) in [6.07, 6.45) is -3.45. The zero-order valence-corrected chi connectivity index (χ0v) is 13.0. The lowest BCUT2D eigenvalue weighted by molar-refractivity contribution is -0.141. The van der Waals surface area contributed by atoms with Crippen LogP contribution in [0.2, 0.25) is 0 Å². The molecular formula is C16H13F3N4O2. The average Bonchev–Trinajstić information content (AvgIpc) is 3.16. The van der Waals surface area contributed by atoms with Crippen molar-refractivity contribution in [3.05, 3.63) is 54.0 Å². The SMILES string of the molecule is Cc1noc(-c2ccccc2)c1NC(=O)Cn1ccc(C(F)(F)F)n1. The van der Waals surface area contributed by atoms with Crippen LogP contribution in [0.4, 0.5) is 18.9 Å². The minimum absolute atomic E-state index is 0.366. The third-order valence-corrected chi connectivity index (χ3v) is 3.40. The number of carbonyl (C=O) groups is 1. The van der Waals surface area contributed by atoms with Crippen molar-refractivity contribution in [3.8, 4) is 11.3 Å². The average molecular weight is 350 g/mol. The lowest BCUT2D eigenvalue weighted by atomic mass is 10.1. The summed E-state index contributed by atoms with van der Waals surface area (Å²) < 4.78 is 43.8. The van der Waals surface area contributed by atoms with E-state index in [1.807, 2.05) is 6.07 Å². The third kappa shape index (κ3) is 3.70. The summed E-state index contributed by atoms with van der Waals surface area (Å²) in [4.78, 5) is 12.2. The molecule has 0 spiro atoms. The molecule has 0 aliphatic heterocycles. The van der Waals surface area contributed by atoms with Gasteiger partial charge in [0.25, 0.3) is 0 Å². The highest BCUT2D eigenvalue weighted by Gasteiger charge is 2.33. The van der Waals surface area contributed by atoms with Crippen LogP contribution in [0.15, 0.2) is 47.1 Å². The summed E-state index contributed by atoms with van der Waals surface area (Å²) in [7, 11) is 0. The Hall–Kier alpha value is -3.10. The normalized spacial score (nSPS) is 11.5. The van der Waals surface area contributed by atoms with Crippen LogP contribution in [-0.4, -0.2) is 20.8 Å². The van der Waals surface area contributed by atoms with E-state index in [4.69, 9.17) is 4.52 Å². The number of nitrogens with zero attached hydrogens (tertiary/aromatic N) is 3. The number of carbonyl (C=O) groups excluding carboxylic acids is 1. The predicted molar refractivity (Wildman–Crippen MR) is 82.5 cm³/mol. The number of aromatic nitrogens is 3. The minimum atomic E-state index is -4.55. The Balaban J connectivity index is 1.76. The van der Waals surface area contributed by atoms with Crippen molar-refractivity contribution in [1.82, 2.24) is 14.9 Å². The van der Waals surface area contributed by atoms with Gasteiger partial charge in [-0.2, -0.15) is 18.3 Å². The van der Waals surface area contributed by atoms with E-state index in [1.54, 1.807) is 31.2 Å². The highest BCUT2D eigenvalue weighted by Crippen LogP contribution is 2.31. The lowest BCUT2D eigenvalue weighted by Gasteiger charge is -2.06. The Labute approximate surface area is 140 Å². The first-order valence-corrected chi connectivity index (χ1v) is 7.27. The van der Waals surface area contributed by atoms with Gasteiger partial charge in [-0.05, 0) is 13.0 Å². The summed E-state index contributed by atoms with van der Waals surface area (Å²) in [6.45, 7) is 1.29. The molecule has 2 aromatic heterocycles. The van der Waals surface area contributed by atoms with Crippen molar-refractivity contribution in [2.45, 2.75) is 19.6 Å². The van der Waals surface area contributed by atoms with Gasteiger partial charge in [0.2, 0.25) is 5.91 Å². The molecule has 2 heterocycles. The van der Waals surface area contributed by atoms with E-state index in [-0.39, 0.29) is 6.54 Å². The van der Waals surface area contributed by atoms with Gasteiger partial charge >= 0.3 is 6.18 Å². The van der Waals surface area contributed by atoms with Crippen LogP contribution in [0.25, 0.3) is 11.3 Å². The quantitative estimate of drug-likeness (QED) is 0.782. The fraction of sp³-hybridized carbons (Fsp3) is 0.188. The van der Waals surface area contributed by atoms with Crippen LogP contribution in [0.5, 0.6) is 0 Å². The Kier molecular flexibility index (Phi) is 4.30. The molecule has 0 aliphatic rings. The molecule has 0 fully saturated rings. The number of alkyl halides is 3. The molecule has 0 saturated carbocycles. The molecule has 0 aliphatic carbocycles. The highest BCUT2D eigenvalue weighted by atomic mass is 19.4. The van der Waals surface area contributed by atoms with Crippen molar-refractivity contribution in [2.24, 2.45) is 0 Å². The van der Waals surface area contributed by atoms with Gasteiger partial charge in [-0.25, -0.2) is 0 Å². The number of hydrogen-bond donors (Lipinski definition) is 1. The molecule has 0 atom stereocenters. The molecule has 0 bridgehead atoms. The van der Waals surface area contributed by atoms with E-state index >= 15 is 0 Å². The number of nitrogens with one attached hydrogen (secondary N) is 1. The summed E-state index contributed by atoms with van der Waals surface area (Å²) in [5, 5.41) is 9.79. The maximum absolute atomic E-state index is 12.5. The Morgan fingerprint density at radius 3 is 2.60 bits per heavy atom. The highest BCUT2D eigenvalue weighted by molar-refractivity contribution is 5.94.